The number of para-hydroxylation sites is 1. The van der Waals surface area contributed by atoms with E-state index < -0.39 is 0 Å². The molecule has 0 saturated carbocycles. The Balaban J connectivity index is 2.17. The van der Waals surface area contributed by atoms with Crippen molar-refractivity contribution < 1.29 is 9.53 Å². The summed E-state index contributed by atoms with van der Waals surface area (Å²) in [5, 5.41) is 3.22. The first-order valence-electron chi connectivity index (χ1n) is 5.30. The molecule has 0 heterocycles. The van der Waals surface area contributed by atoms with Crippen LogP contribution in [-0.4, -0.2) is 23.7 Å². The lowest BCUT2D eigenvalue weighted by Gasteiger charge is -2.12. The molecule has 0 aliphatic heterocycles. The molecule has 0 bridgehead atoms. The second kappa shape index (κ2) is 5.25. The van der Waals surface area contributed by atoms with Crippen LogP contribution in [0.1, 0.15) is 0 Å². The van der Waals surface area contributed by atoms with Crippen LogP contribution in [0.5, 0.6) is 0 Å². The SMILES string of the molecule is COC1C=CC(Nc2ccccc2)=CC1=[N+]=[N-]. The summed E-state index contributed by atoms with van der Waals surface area (Å²) >= 11 is 0. The summed E-state index contributed by atoms with van der Waals surface area (Å²) in [4.78, 5) is 3.22. The summed E-state index contributed by atoms with van der Waals surface area (Å²) in [5.74, 6) is 0. The highest BCUT2D eigenvalue weighted by Gasteiger charge is 2.22. The van der Waals surface area contributed by atoms with Gasteiger partial charge in [0, 0.05) is 24.6 Å². The van der Waals surface area contributed by atoms with E-state index in [2.05, 4.69) is 10.1 Å². The number of anilines is 1. The lowest BCUT2D eigenvalue weighted by atomic mass is 10.1. The predicted molar refractivity (Wildman–Crippen MR) is 66.7 cm³/mol. The van der Waals surface area contributed by atoms with E-state index in [-0.39, 0.29) is 6.10 Å². The zero-order valence-corrected chi connectivity index (χ0v) is 9.50. The van der Waals surface area contributed by atoms with Crippen molar-refractivity contribution in [3.05, 3.63) is 59.8 Å². The molecule has 4 nitrogen and oxygen atoms in total. The third kappa shape index (κ3) is 2.69. The molecule has 1 aromatic rings. The van der Waals surface area contributed by atoms with Gasteiger partial charge < -0.3 is 15.6 Å². The molecule has 0 fully saturated rings. The van der Waals surface area contributed by atoms with Crippen molar-refractivity contribution in [2.24, 2.45) is 0 Å². The molecule has 1 aliphatic carbocycles. The van der Waals surface area contributed by atoms with E-state index in [1.807, 2.05) is 42.5 Å². The van der Waals surface area contributed by atoms with Crippen LogP contribution in [0.4, 0.5) is 5.69 Å². The molecule has 0 radical (unpaired) electrons. The van der Waals surface area contributed by atoms with Crippen molar-refractivity contribution in [3.63, 3.8) is 0 Å². The molecule has 86 valence electrons. The van der Waals surface area contributed by atoms with E-state index in [1.165, 1.54) is 0 Å². The van der Waals surface area contributed by atoms with Crippen LogP contribution >= 0.6 is 0 Å². The molecule has 0 aromatic heterocycles. The third-order valence-electron chi connectivity index (χ3n) is 2.48. The second-order valence-electron chi connectivity index (χ2n) is 3.63. The van der Waals surface area contributed by atoms with Crippen molar-refractivity contribution in [2.45, 2.75) is 6.10 Å². The first-order chi connectivity index (χ1) is 8.33. The molecule has 4 heteroatoms. The first kappa shape index (κ1) is 11.3. The van der Waals surface area contributed by atoms with E-state index in [0.717, 1.165) is 11.4 Å². The monoisotopic (exact) mass is 227 g/mol. The largest absolute Gasteiger partial charge is 0.365 e. The van der Waals surface area contributed by atoms with Gasteiger partial charge in [-0.15, -0.1) is 0 Å². The summed E-state index contributed by atoms with van der Waals surface area (Å²) in [5.41, 5.74) is 11.2. The van der Waals surface area contributed by atoms with Crippen LogP contribution in [0.15, 0.2) is 54.3 Å². The number of methoxy groups -OCH3 is 1. The van der Waals surface area contributed by atoms with Gasteiger partial charge in [-0.3, -0.25) is 0 Å². The Kier molecular flexibility index (Phi) is 3.50. The van der Waals surface area contributed by atoms with E-state index in [9.17, 15) is 0 Å². The topological polar surface area (TPSA) is 57.7 Å². The third-order valence-corrected chi connectivity index (χ3v) is 2.48. The maximum absolute atomic E-state index is 8.88. The minimum absolute atomic E-state index is 0.290. The highest BCUT2D eigenvalue weighted by molar-refractivity contribution is 5.98. The number of ether oxygens (including phenoxy) is 1. The molecule has 2 rings (SSSR count). The lowest BCUT2D eigenvalue weighted by Crippen LogP contribution is -2.23. The molecule has 17 heavy (non-hydrogen) atoms. The summed E-state index contributed by atoms with van der Waals surface area (Å²) < 4.78 is 5.14. The van der Waals surface area contributed by atoms with Gasteiger partial charge in [0.2, 0.25) is 0 Å². The Morgan fingerprint density at radius 1 is 1.29 bits per heavy atom. The van der Waals surface area contributed by atoms with Gasteiger partial charge in [-0.1, -0.05) is 18.2 Å². The minimum atomic E-state index is -0.290. The van der Waals surface area contributed by atoms with Gasteiger partial charge in [0.25, 0.3) is 0 Å². The fourth-order valence-electron chi connectivity index (χ4n) is 1.63. The summed E-state index contributed by atoms with van der Waals surface area (Å²) in [6.07, 6.45) is 5.19. The Hall–Kier alpha value is -2.16. The highest BCUT2D eigenvalue weighted by atomic mass is 16.5. The van der Waals surface area contributed by atoms with E-state index in [0.29, 0.717) is 5.71 Å². The maximum Gasteiger partial charge on any atom is 0.326 e. The molecule has 1 aromatic carbocycles. The Morgan fingerprint density at radius 3 is 2.71 bits per heavy atom. The van der Waals surface area contributed by atoms with Crippen molar-refractivity contribution in [1.82, 2.24) is 0 Å². The quantitative estimate of drug-likeness (QED) is 0.636. The van der Waals surface area contributed by atoms with Gasteiger partial charge in [0.05, 0.1) is 0 Å². The average Bonchev–Trinajstić information content (AvgIpc) is 2.40. The number of hydrogen-bond donors (Lipinski definition) is 1. The fraction of sp³-hybridized carbons (Fsp3) is 0.154. The van der Waals surface area contributed by atoms with Crippen LogP contribution in [-0.2, 0) is 4.74 Å². The second-order valence-corrected chi connectivity index (χ2v) is 3.63. The van der Waals surface area contributed by atoms with Gasteiger partial charge in [-0.05, 0) is 24.3 Å². The summed E-state index contributed by atoms with van der Waals surface area (Å²) in [7, 11) is 1.57. The van der Waals surface area contributed by atoms with Crippen molar-refractivity contribution in [1.29, 1.82) is 0 Å². The Bertz CT molecular complexity index is 499. The van der Waals surface area contributed by atoms with E-state index in [1.54, 1.807) is 13.2 Å². The zero-order chi connectivity index (χ0) is 12.1. The molecular formula is C13H13N3O. The number of hydrogen-bond acceptors (Lipinski definition) is 2. The summed E-state index contributed by atoms with van der Waals surface area (Å²) in [6.45, 7) is 0. The normalized spacial score (nSPS) is 18.5. The van der Waals surface area contributed by atoms with Crippen LogP contribution in [0.3, 0.4) is 0 Å². The molecule has 0 amide bonds. The molecule has 1 aliphatic rings. The highest BCUT2D eigenvalue weighted by Crippen LogP contribution is 2.14. The van der Waals surface area contributed by atoms with Gasteiger partial charge in [0.15, 0.2) is 6.10 Å². The van der Waals surface area contributed by atoms with Gasteiger partial charge >= 0.3 is 5.71 Å². The first-order valence-corrected chi connectivity index (χ1v) is 5.30. The maximum atomic E-state index is 8.88. The molecule has 1 atom stereocenters. The standard InChI is InChI=1S/C13H13N3O/c1-17-13-8-7-11(9-12(13)16-14)15-10-5-3-2-4-6-10/h2-9,13,15H,1H3. The lowest BCUT2D eigenvalue weighted by molar-refractivity contribution is -0.0184. The number of allylic oxidation sites excluding steroid dienone is 1. The Labute approximate surface area is 99.8 Å². The number of nitrogens with one attached hydrogen (secondary N) is 1. The average molecular weight is 227 g/mol. The van der Waals surface area contributed by atoms with Crippen molar-refractivity contribution in [2.75, 3.05) is 12.4 Å². The van der Waals surface area contributed by atoms with E-state index in [4.69, 9.17) is 10.3 Å². The van der Waals surface area contributed by atoms with Crippen LogP contribution in [0.25, 0.3) is 5.53 Å². The minimum Gasteiger partial charge on any atom is -0.365 e. The van der Waals surface area contributed by atoms with Crippen LogP contribution in [0, 0.1) is 0 Å². The Morgan fingerprint density at radius 2 is 2.06 bits per heavy atom. The fourth-order valence-corrected chi connectivity index (χ4v) is 1.63. The van der Waals surface area contributed by atoms with Crippen LogP contribution < -0.4 is 5.32 Å². The molecular weight excluding hydrogens is 214 g/mol. The molecule has 0 spiro atoms. The van der Waals surface area contributed by atoms with Crippen molar-refractivity contribution >= 4 is 11.4 Å². The predicted octanol–water partition coefficient (Wildman–Crippen LogP) is 2.24. The summed E-state index contributed by atoms with van der Waals surface area (Å²) in [6, 6.07) is 9.79. The number of benzene rings is 1. The van der Waals surface area contributed by atoms with E-state index >= 15 is 0 Å². The van der Waals surface area contributed by atoms with Gasteiger partial charge in [0.1, 0.15) is 0 Å². The van der Waals surface area contributed by atoms with Gasteiger partial charge in [-0.2, -0.15) is 4.79 Å². The van der Waals surface area contributed by atoms with Gasteiger partial charge in [-0.25, -0.2) is 0 Å². The number of nitrogens with zero attached hydrogens (tertiary/aromatic N) is 2. The zero-order valence-electron chi connectivity index (χ0n) is 9.50. The van der Waals surface area contributed by atoms with Crippen LogP contribution in [0.2, 0.25) is 0 Å². The van der Waals surface area contributed by atoms with Crippen molar-refractivity contribution in [3.8, 4) is 0 Å². The molecule has 0 saturated heterocycles. The smallest absolute Gasteiger partial charge is 0.326 e. The molecule has 1 unspecified atom stereocenters. The number of rotatable bonds is 3. The molecule has 1 N–H and O–H groups in total.